The molecule has 154 valence electrons. The van der Waals surface area contributed by atoms with Gasteiger partial charge in [0.2, 0.25) is 0 Å². The van der Waals surface area contributed by atoms with Crippen molar-refractivity contribution in [1.29, 1.82) is 0 Å². The Bertz CT molecular complexity index is 1260. The molecule has 3 aromatic rings. The molecule has 9 heteroatoms. The summed E-state index contributed by atoms with van der Waals surface area (Å²) < 4.78 is 5.66. The van der Waals surface area contributed by atoms with Gasteiger partial charge in [-0.1, -0.05) is 23.7 Å². The Kier molecular flexibility index (Phi) is 5.14. The summed E-state index contributed by atoms with van der Waals surface area (Å²) in [7, 11) is 0. The largest absolute Gasteiger partial charge is 0.478 e. The predicted octanol–water partition coefficient (Wildman–Crippen LogP) is 3.96. The monoisotopic (exact) mass is 436 g/mol. The zero-order chi connectivity index (χ0) is 22.1. The number of benzene rings is 2. The van der Waals surface area contributed by atoms with Crippen LogP contribution in [0.4, 0.5) is 10.5 Å². The van der Waals surface area contributed by atoms with E-state index in [9.17, 15) is 19.2 Å². The number of aromatic carboxylic acids is 1. The molecular formula is C22H13ClN2O6. The van der Waals surface area contributed by atoms with Gasteiger partial charge in [0.1, 0.15) is 17.1 Å². The molecule has 8 nitrogen and oxygen atoms in total. The number of carboxylic acid groups (broad SMARTS) is 1. The van der Waals surface area contributed by atoms with Crippen LogP contribution in [0.25, 0.3) is 17.4 Å². The normalized spacial score (nSPS) is 15.3. The number of urea groups is 1. The summed E-state index contributed by atoms with van der Waals surface area (Å²) in [6.07, 6.45) is 1.22. The van der Waals surface area contributed by atoms with E-state index in [0.717, 1.165) is 4.90 Å². The lowest BCUT2D eigenvalue weighted by molar-refractivity contribution is -0.122. The summed E-state index contributed by atoms with van der Waals surface area (Å²) in [6.45, 7) is 0. The number of hydrogen-bond acceptors (Lipinski definition) is 5. The van der Waals surface area contributed by atoms with Gasteiger partial charge in [-0.05, 0) is 54.6 Å². The van der Waals surface area contributed by atoms with Crippen LogP contribution < -0.4 is 10.2 Å². The van der Waals surface area contributed by atoms with E-state index in [0.29, 0.717) is 16.3 Å². The molecule has 4 amide bonds. The molecule has 1 aliphatic rings. The fourth-order valence-corrected chi connectivity index (χ4v) is 3.14. The van der Waals surface area contributed by atoms with Gasteiger partial charge in [0.15, 0.2) is 0 Å². The summed E-state index contributed by atoms with van der Waals surface area (Å²) in [5.41, 5.74) is 0.556. The quantitative estimate of drug-likeness (QED) is 0.472. The number of carbonyl (C=O) groups excluding carboxylic acids is 3. The van der Waals surface area contributed by atoms with Gasteiger partial charge in [-0.3, -0.25) is 14.9 Å². The standard InChI is InChI=1S/C22H13ClN2O6/c23-14-4-6-15(7-5-14)25-20(27)17(19(26)24-22(25)30)11-16-8-9-18(31-16)12-2-1-3-13(10-12)21(28)29/h1-11H,(H,28,29)(H,24,26,30)/b17-11-. The van der Waals surface area contributed by atoms with E-state index in [1.807, 2.05) is 0 Å². The van der Waals surface area contributed by atoms with Crippen molar-refractivity contribution in [3.8, 4) is 11.3 Å². The molecule has 0 atom stereocenters. The number of imide groups is 2. The second-order valence-electron chi connectivity index (χ2n) is 6.52. The van der Waals surface area contributed by atoms with E-state index in [1.54, 1.807) is 18.2 Å². The number of nitrogens with one attached hydrogen (secondary N) is 1. The van der Waals surface area contributed by atoms with Crippen molar-refractivity contribution in [2.75, 3.05) is 4.90 Å². The number of carboxylic acids is 1. The maximum atomic E-state index is 12.9. The molecule has 2 N–H and O–H groups in total. The lowest BCUT2D eigenvalue weighted by Crippen LogP contribution is -2.54. The summed E-state index contributed by atoms with van der Waals surface area (Å²) in [5.74, 6) is -2.22. The lowest BCUT2D eigenvalue weighted by atomic mass is 10.1. The smallest absolute Gasteiger partial charge is 0.335 e. The number of halogens is 1. The van der Waals surface area contributed by atoms with Crippen molar-refractivity contribution in [2.45, 2.75) is 0 Å². The van der Waals surface area contributed by atoms with Crippen LogP contribution in [0, 0.1) is 0 Å². The minimum atomic E-state index is -1.08. The molecule has 0 saturated carbocycles. The van der Waals surface area contributed by atoms with E-state index in [4.69, 9.17) is 21.1 Å². The Morgan fingerprint density at radius 3 is 2.48 bits per heavy atom. The molecule has 1 aliphatic heterocycles. The molecular weight excluding hydrogens is 424 g/mol. The van der Waals surface area contributed by atoms with Crippen LogP contribution >= 0.6 is 11.6 Å². The van der Waals surface area contributed by atoms with Gasteiger partial charge < -0.3 is 9.52 Å². The number of amides is 4. The van der Waals surface area contributed by atoms with Crippen LogP contribution in [0.2, 0.25) is 5.02 Å². The second-order valence-corrected chi connectivity index (χ2v) is 6.96. The predicted molar refractivity (Wildman–Crippen MR) is 112 cm³/mol. The molecule has 0 radical (unpaired) electrons. The Morgan fingerprint density at radius 2 is 1.77 bits per heavy atom. The highest BCUT2D eigenvalue weighted by Gasteiger charge is 2.37. The molecule has 1 fully saturated rings. The SMILES string of the molecule is O=C1NC(=O)N(c2ccc(Cl)cc2)C(=O)/C1=C\c1ccc(-c2cccc(C(=O)O)c2)o1. The van der Waals surface area contributed by atoms with Gasteiger partial charge in [0.25, 0.3) is 11.8 Å². The highest BCUT2D eigenvalue weighted by atomic mass is 35.5. The van der Waals surface area contributed by atoms with Crippen molar-refractivity contribution >= 4 is 47.2 Å². The molecule has 0 unspecified atom stereocenters. The van der Waals surface area contributed by atoms with Gasteiger partial charge in [0, 0.05) is 10.6 Å². The van der Waals surface area contributed by atoms with E-state index in [1.165, 1.54) is 48.5 Å². The van der Waals surface area contributed by atoms with Crippen LogP contribution in [0.3, 0.4) is 0 Å². The van der Waals surface area contributed by atoms with E-state index < -0.39 is 23.8 Å². The lowest BCUT2D eigenvalue weighted by Gasteiger charge is -2.26. The molecule has 0 bridgehead atoms. The van der Waals surface area contributed by atoms with Gasteiger partial charge in [-0.15, -0.1) is 0 Å². The molecule has 2 heterocycles. The van der Waals surface area contributed by atoms with Gasteiger partial charge in [-0.25, -0.2) is 14.5 Å². The highest BCUT2D eigenvalue weighted by Crippen LogP contribution is 2.27. The first-order chi connectivity index (χ1) is 14.8. The number of furan rings is 1. The van der Waals surface area contributed by atoms with Crippen molar-refractivity contribution in [3.05, 3.63) is 82.6 Å². The fourth-order valence-electron chi connectivity index (χ4n) is 3.02. The second kappa shape index (κ2) is 7.92. The van der Waals surface area contributed by atoms with Crippen LogP contribution in [-0.4, -0.2) is 28.9 Å². The van der Waals surface area contributed by atoms with Crippen molar-refractivity contribution in [2.24, 2.45) is 0 Å². The molecule has 0 spiro atoms. The Balaban J connectivity index is 1.66. The molecule has 31 heavy (non-hydrogen) atoms. The summed E-state index contributed by atoms with van der Waals surface area (Å²) >= 11 is 5.85. The highest BCUT2D eigenvalue weighted by molar-refractivity contribution is 6.39. The zero-order valence-corrected chi connectivity index (χ0v) is 16.4. The third kappa shape index (κ3) is 3.96. The number of nitrogens with zero attached hydrogens (tertiary/aromatic N) is 1. The van der Waals surface area contributed by atoms with Gasteiger partial charge >= 0.3 is 12.0 Å². The fraction of sp³-hybridized carbons (Fsp3) is 0. The van der Waals surface area contributed by atoms with Gasteiger partial charge in [0.05, 0.1) is 11.3 Å². The zero-order valence-electron chi connectivity index (χ0n) is 15.7. The van der Waals surface area contributed by atoms with Crippen LogP contribution in [0.5, 0.6) is 0 Å². The van der Waals surface area contributed by atoms with Crippen LogP contribution in [0.15, 0.2) is 70.7 Å². The first-order valence-corrected chi connectivity index (χ1v) is 9.32. The van der Waals surface area contributed by atoms with Gasteiger partial charge in [-0.2, -0.15) is 0 Å². The van der Waals surface area contributed by atoms with Crippen molar-refractivity contribution in [3.63, 3.8) is 0 Å². The third-order valence-corrected chi connectivity index (χ3v) is 4.75. The third-order valence-electron chi connectivity index (χ3n) is 4.49. The molecule has 1 aromatic heterocycles. The summed E-state index contributed by atoms with van der Waals surface area (Å²) in [4.78, 5) is 49.3. The number of hydrogen-bond donors (Lipinski definition) is 2. The summed E-state index contributed by atoms with van der Waals surface area (Å²) in [6, 6.07) is 14.4. The maximum absolute atomic E-state index is 12.9. The number of rotatable bonds is 4. The molecule has 2 aromatic carbocycles. The van der Waals surface area contributed by atoms with Crippen LogP contribution in [-0.2, 0) is 9.59 Å². The van der Waals surface area contributed by atoms with E-state index >= 15 is 0 Å². The number of barbiturate groups is 1. The maximum Gasteiger partial charge on any atom is 0.335 e. The number of carbonyl (C=O) groups is 4. The average Bonchev–Trinajstić information content (AvgIpc) is 3.21. The average molecular weight is 437 g/mol. The van der Waals surface area contributed by atoms with E-state index in [2.05, 4.69) is 5.32 Å². The Morgan fingerprint density at radius 1 is 1.03 bits per heavy atom. The molecule has 1 saturated heterocycles. The number of anilines is 1. The first-order valence-electron chi connectivity index (χ1n) is 8.94. The summed E-state index contributed by atoms with van der Waals surface area (Å²) in [5, 5.41) is 11.7. The topological polar surface area (TPSA) is 117 Å². The minimum Gasteiger partial charge on any atom is -0.478 e. The minimum absolute atomic E-state index is 0.0905. The van der Waals surface area contributed by atoms with Crippen molar-refractivity contribution in [1.82, 2.24) is 5.32 Å². The Hall–Kier alpha value is -4.17. The first kappa shape index (κ1) is 20.1. The Labute approximate surface area is 180 Å². The molecule has 0 aliphatic carbocycles. The van der Waals surface area contributed by atoms with E-state index in [-0.39, 0.29) is 22.6 Å². The molecule has 4 rings (SSSR count). The van der Waals surface area contributed by atoms with Crippen molar-refractivity contribution < 1.29 is 28.7 Å². The van der Waals surface area contributed by atoms with Crippen LogP contribution in [0.1, 0.15) is 16.1 Å².